The van der Waals surface area contributed by atoms with Crippen LogP contribution < -0.4 is 10.1 Å². The Morgan fingerprint density at radius 2 is 2.18 bits per heavy atom. The molecule has 2 rings (SSSR count). The molecular weight excluding hydrogens is 248 g/mol. The molecule has 1 saturated heterocycles. The number of nitrogens with one attached hydrogen (secondary N) is 1. The van der Waals surface area contributed by atoms with Crippen molar-refractivity contribution >= 4 is 23.6 Å². The standard InChI is InChI=1S/C10H9ClN2O4/c1-10(8(14)13-9(15)17-10)5-3-4-6(11)12-7(5)16-2/h3-4H,1-2H3,(H,13,14,15). The molecule has 2 amide bonds. The summed E-state index contributed by atoms with van der Waals surface area (Å²) in [5.41, 5.74) is -1.10. The van der Waals surface area contributed by atoms with Gasteiger partial charge in [-0.1, -0.05) is 11.6 Å². The maximum absolute atomic E-state index is 11.7. The lowest BCUT2D eigenvalue weighted by molar-refractivity contribution is -0.130. The van der Waals surface area contributed by atoms with E-state index in [1.54, 1.807) is 0 Å². The molecule has 0 aromatic carbocycles. The van der Waals surface area contributed by atoms with Gasteiger partial charge in [0.1, 0.15) is 5.15 Å². The molecule has 0 bridgehead atoms. The van der Waals surface area contributed by atoms with Crippen molar-refractivity contribution in [2.24, 2.45) is 0 Å². The third-order valence-corrected chi connectivity index (χ3v) is 2.69. The number of methoxy groups -OCH3 is 1. The minimum atomic E-state index is -1.44. The Balaban J connectivity index is 2.53. The Labute approximate surface area is 102 Å². The average Bonchev–Trinajstić information content (AvgIpc) is 2.53. The minimum Gasteiger partial charge on any atom is -0.481 e. The zero-order valence-corrected chi connectivity index (χ0v) is 9.87. The highest BCUT2D eigenvalue weighted by atomic mass is 35.5. The molecule has 7 heteroatoms. The van der Waals surface area contributed by atoms with Crippen molar-refractivity contribution in [1.82, 2.24) is 10.3 Å². The number of ether oxygens (including phenoxy) is 2. The SMILES string of the molecule is COc1nc(Cl)ccc1C1(C)OC(=O)NC1=O. The number of rotatable bonds is 2. The zero-order chi connectivity index (χ0) is 12.6. The highest BCUT2D eigenvalue weighted by molar-refractivity contribution is 6.29. The number of aromatic nitrogens is 1. The Morgan fingerprint density at radius 1 is 1.47 bits per heavy atom. The minimum absolute atomic E-state index is 0.143. The molecule has 1 N–H and O–H groups in total. The van der Waals surface area contributed by atoms with Gasteiger partial charge in [0.15, 0.2) is 0 Å². The van der Waals surface area contributed by atoms with Crippen LogP contribution in [0.5, 0.6) is 5.88 Å². The molecule has 1 fully saturated rings. The summed E-state index contributed by atoms with van der Waals surface area (Å²) in [6, 6.07) is 3.02. The van der Waals surface area contributed by atoms with E-state index in [0.29, 0.717) is 5.56 Å². The summed E-state index contributed by atoms with van der Waals surface area (Å²) in [6.07, 6.45) is -0.797. The fourth-order valence-electron chi connectivity index (χ4n) is 1.58. The number of carbonyl (C=O) groups excluding carboxylic acids is 2. The van der Waals surface area contributed by atoms with Crippen LogP contribution in [-0.4, -0.2) is 24.1 Å². The second-order valence-electron chi connectivity index (χ2n) is 3.57. The molecule has 17 heavy (non-hydrogen) atoms. The van der Waals surface area contributed by atoms with Gasteiger partial charge in [-0.25, -0.2) is 9.78 Å². The summed E-state index contributed by atoms with van der Waals surface area (Å²) < 4.78 is 9.99. The van der Waals surface area contributed by atoms with Gasteiger partial charge in [0, 0.05) is 0 Å². The number of halogens is 1. The van der Waals surface area contributed by atoms with Crippen molar-refractivity contribution in [2.45, 2.75) is 12.5 Å². The summed E-state index contributed by atoms with van der Waals surface area (Å²) in [4.78, 5) is 26.7. The summed E-state index contributed by atoms with van der Waals surface area (Å²) in [6.45, 7) is 1.46. The molecule has 1 aromatic rings. The van der Waals surface area contributed by atoms with E-state index in [9.17, 15) is 9.59 Å². The number of imide groups is 1. The molecule has 1 aliphatic rings. The van der Waals surface area contributed by atoms with Gasteiger partial charge in [-0.2, -0.15) is 0 Å². The number of cyclic esters (lactones) is 1. The molecule has 0 spiro atoms. The number of amides is 2. The maximum atomic E-state index is 11.7. The van der Waals surface area contributed by atoms with E-state index in [0.717, 1.165) is 0 Å². The quantitative estimate of drug-likeness (QED) is 0.805. The van der Waals surface area contributed by atoms with Crippen molar-refractivity contribution in [3.05, 3.63) is 22.8 Å². The van der Waals surface area contributed by atoms with Crippen molar-refractivity contribution < 1.29 is 19.1 Å². The molecule has 90 valence electrons. The lowest BCUT2D eigenvalue weighted by Gasteiger charge is -2.21. The highest BCUT2D eigenvalue weighted by Crippen LogP contribution is 2.35. The smallest absolute Gasteiger partial charge is 0.415 e. The Kier molecular flexibility index (Phi) is 2.66. The normalized spacial score (nSPS) is 23.2. The largest absolute Gasteiger partial charge is 0.481 e. The van der Waals surface area contributed by atoms with Crippen LogP contribution in [0.3, 0.4) is 0 Å². The first-order valence-electron chi connectivity index (χ1n) is 4.73. The van der Waals surface area contributed by atoms with E-state index < -0.39 is 17.6 Å². The van der Waals surface area contributed by atoms with Gasteiger partial charge in [0.05, 0.1) is 12.7 Å². The van der Waals surface area contributed by atoms with E-state index in [1.165, 1.54) is 26.2 Å². The summed E-state index contributed by atoms with van der Waals surface area (Å²) in [7, 11) is 1.39. The van der Waals surface area contributed by atoms with Gasteiger partial charge < -0.3 is 9.47 Å². The van der Waals surface area contributed by atoms with Gasteiger partial charge in [0.2, 0.25) is 11.5 Å². The first-order valence-corrected chi connectivity index (χ1v) is 5.10. The first-order chi connectivity index (χ1) is 7.97. The van der Waals surface area contributed by atoms with E-state index in [-0.39, 0.29) is 11.0 Å². The molecule has 1 aliphatic heterocycles. The van der Waals surface area contributed by atoms with Crippen LogP contribution in [0.15, 0.2) is 12.1 Å². The summed E-state index contributed by atoms with van der Waals surface area (Å²) in [5.74, 6) is -0.422. The van der Waals surface area contributed by atoms with Crippen LogP contribution in [0.25, 0.3) is 0 Å². The highest BCUT2D eigenvalue weighted by Gasteiger charge is 2.48. The summed E-state index contributed by atoms with van der Waals surface area (Å²) >= 11 is 5.71. The van der Waals surface area contributed by atoms with Gasteiger partial charge in [-0.3, -0.25) is 10.1 Å². The molecule has 0 radical (unpaired) electrons. The molecule has 0 aliphatic carbocycles. The third-order valence-electron chi connectivity index (χ3n) is 2.48. The maximum Gasteiger partial charge on any atom is 0.415 e. The van der Waals surface area contributed by atoms with Crippen LogP contribution in [0, 0.1) is 0 Å². The number of alkyl carbamates (subject to hydrolysis) is 1. The van der Waals surface area contributed by atoms with Crippen molar-refractivity contribution in [2.75, 3.05) is 7.11 Å². The van der Waals surface area contributed by atoms with Gasteiger partial charge in [-0.15, -0.1) is 0 Å². The van der Waals surface area contributed by atoms with E-state index in [4.69, 9.17) is 21.1 Å². The third kappa shape index (κ3) is 1.80. The number of hydrogen-bond donors (Lipinski definition) is 1. The molecule has 1 unspecified atom stereocenters. The number of hydrogen-bond acceptors (Lipinski definition) is 5. The van der Waals surface area contributed by atoms with E-state index >= 15 is 0 Å². The molecular formula is C10H9ClN2O4. The first kappa shape index (κ1) is 11.7. The molecule has 0 saturated carbocycles. The molecule has 2 heterocycles. The van der Waals surface area contributed by atoms with E-state index in [1.807, 2.05) is 0 Å². The van der Waals surface area contributed by atoms with Crippen LogP contribution in [0.2, 0.25) is 5.15 Å². The van der Waals surface area contributed by atoms with Crippen molar-refractivity contribution in [3.63, 3.8) is 0 Å². The van der Waals surface area contributed by atoms with Crippen LogP contribution in [0.4, 0.5) is 4.79 Å². The van der Waals surface area contributed by atoms with E-state index in [2.05, 4.69) is 10.3 Å². The second-order valence-corrected chi connectivity index (χ2v) is 3.95. The topological polar surface area (TPSA) is 77.5 Å². The van der Waals surface area contributed by atoms with Crippen LogP contribution in [-0.2, 0) is 15.1 Å². The van der Waals surface area contributed by atoms with Crippen LogP contribution in [0.1, 0.15) is 12.5 Å². The monoisotopic (exact) mass is 256 g/mol. The number of nitrogens with zero attached hydrogens (tertiary/aromatic N) is 1. The lowest BCUT2D eigenvalue weighted by Crippen LogP contribution is -2.33. The van der Waals surface area contributed by atoms with Gasteiger partial charge >= 0.3 is 6.09 Å². The zero-order valence-electron chi connectivity index (χ0n) is 9.11. The lowest BCUT2D eigenvalue weighted by atomic mass is 9.96. The summed E-state index contributed by atoms with van der Waals surface area (Å²) in [5, 5.41) is 2.28. The number of carbonyl (C=O) groups is 2. The molecule has 6 nitrogen and oxygen atoms in total. The average molecular weight is 257 g/mol. The van der Waals surface area contributed by atoms with Crippen molar-refractivity contribution in [1.29, 1.82) is 0 Å². The Hall–Kier alpha value is -1.82. The molecule has 1 aromatic heterocycles. The van der Waals surface area contributed by atoms with Crippen LogP contribution >= 0.6 is 11.6 Å². The predicted molar refractivity (Wildman–Crippen MR) is 57.8 cm³/mol. The number of pyridine rings is 1. The van der Waals surface area contributed by atoms with Crippen molar-refractivity contribution in [3.8, 4) is 5.88 Å². The Morgan fingerprint density at radius 3 is 2.71 bits per heavy atom. The second kappa shape index (κ2) is 3.89. The fraction of sp³-hybridized carbons (Fsp3) is 0.300. The fourth-order valence-corrected chi connectivity index (χ4v) is 1.72. The molecule has 1 atom stereocenters. The van der Waals surface area contributed by atoms with Gasteiger partial charge in [0.25, 0.3) is 5.91 Å². The Bertz CT molecular complexity index is 505. The van der Waals surface area contributed by atoms with Gasteiger partial charge in [-0.05, 0) is 19.1 Å². The predicted octanol–water partition coefficient (Wildman–Crippen LogP) is 1.23.